The van der Waals surface area contributed by atoms with E-state index in [1.807, 2.05) is 0 Å². The molecule has 0 amide bonds. The van der Waals surface area contributed by atoms with Crippen LogP contribution in [0.4, 0.5) is 0 Å². The van der Waals surface area contributed by atoms with Crippen molar-refractivity contribution in [2.45, 2.75) is 58.3 Å². The van der Waals surface area contributed by atoms with Gasteiger partial charge in [-0.25, -0.2) is 13.1 Å². The maximum atomic E-state index is 12.0. The van der Waals surface area contributed by atoms with Gasteiger partial charge < -0.3 is 10.6 Å². The van der Waals surface area contributed by atoms with Gasteiger partial charge in [0.1, 0.15) is 0 Å². The van der Waals surface area contributed by atoms with Crippen LogP contribution < -0.4 is 15.4 Å². The normalized spacial score (nSPS) is 20.6. The van der Waals surface area contributed by atoms with E-state index in [1.165, 1.54) is 38.5 Å². The summed E-state index contributed by atoms with van der Waals surface area (Å²) in [5.41, 5.74) is 0.383. The number of rotatable bonds is 9. The van der Waals surface area contributed by atoms with Crippen LogP contribution in [0.1, 0.15) is 58.3 Å². The van der Waals surface area contributed by atoms with Gasteiger partial charge in [-0.1, -0.05) is 26.2 Å². The Bertz CT molecular complexity index is 515. The maximum absolute atomic E-state index is 12.0. The zero-order valence-electron chi connectivity index (χ0n) is 15.6. The Morgan fingerprint density at radius 1 is 1.16 bits per heavy atom. The fraction of sp³-hybridized carbons (Fsp3) is 0.941. The van der Waals surface area contributed by atoms with Crippen LogP contribution >= 0.6 is 24.0 Å². The van der Waals surface area contributed by atoms with E-state index in [1.54, 1.807) is 7.05 Å². The summed E-state index contributed by atoms with van der Waals surface area (Å²) in [6, 6.07) is 0. The van der Waals surface area contributed by atoms with E-state index in [4.69, 9.17) is 0 Å². The van der Waals surface area contributed by atoms with Crippen molar-refractivity contribution in [3.8, 4) is 0 Å². The summed E-state index contributed by atoms with van der Waals surface area (Å²) in [6.07, 6.45) is 9.87. The lowest BCUT2D eigenvalue weighted by atomic mass is 9.83. The van der Waals surface area contributed by atoms with E-state index in [2.05, 4.69) is 27.3 Å². The SMILES string of the molecule is CCC1(CNC(=NC)NCCS(=O)(=O)NCC2CCC2)CCCC1.I. The standard InChI is InChI=1S/C17H34N4O2S.HI/c1-3-17(9-4-5-10-17)14-20-16(18-2)19-11-12-24(22,23)21-13-15-7-6-8-15;/h15,21H,3-14H2,1-2H3,(H2,18,19,20);1H. The predicted molar refractivity (Wildman–Crippen MR) is 115 cm³/mol. The van der Waals surface area contributed by atoms with Crippen LogP contribution in [0.25, 0.3) is 0 Å². The highest BCUT2D eigenvalue weighted by Crippen LogP contribution is 2.40. The van der Waals surface area contributed by atoms with Crippen molar-refractivity contribution in [3.63, 3.8) is 0 Å². The largest absolute Gasteiger partial charge is 0.356 e. The number of guanidine groups is 1. The van der Waals surface area contributed by atoms with Crippen molar-refractivity contribution in [1.29, 1.82) is 0 Å². The Morgan fingerprint density at radius 3 is 2.36 bits per heavy atom. The average molecular weight is 486 g/mol. The second-order valence-corrected chi connectivity index (χ2v) is 9.30. The first-order valence-electron chi connectivity index (χ1n) is 9.40. The molecule has 148 valence electrons. The molecule has 2 aliphatic rings. The molecule has 2 aliphatic carbocycles. The monoisotopic (exact) mass is 486 g/mol. The molecule has 6 nitrogen and oxygen atoms in total. The molecular formula is C17H35IN4O2S. The van der Waals surface area contributed by atoms with Crippen LogP contribution in [-0.2, 0) is 10.0 Å². The van der Waals surface area contributed by atoms with Crippen LogP contribution in [-0.4, -0.2) is 46.8 Å². The summed E-state index contributed by atoms with van der Waals surface area (Å²) in [7, 11) is -1.47. The van der Waals surface area contributed by atoms with Crippen molar-refractivity contribution in [2.75, 3.05) is 32.4 Å². The summed E-state index contributed by atoms with van der Waals surface area (Å²) in [5.74, 6) is 1.32. The topological polar surface area (TPSA) is 82.6 Å². The molecule has 2 saturated carbocycles. The molecule has 0 spiro atoms. The van der Waals surface area contributed by atoms with Gasteiger partial charge in [-0.2, -0.15) is 0 Å². The third-order valence-corrected chi connectivity index (χ3v) is 7.10. The summed E-state index contributed by atoms with van der Waals surface area (Å²) < 4.78 is 26.7. The number of hydrogen-bond donors (Lipinski definition) is 3. The van der Waals surface area contributed by atoms with Gasteiger partial charge in [0.2, 0.25) is 10.0 Å². The van der Waals surface area contributed by atoms with Crippen LogP contribution in [0.2, 0.25) is 0 Å². The Morgan fingerprint density at radius 2 is 1.84 bits per heavy atom. The molecule has 2 fully saturated rings. The Labute approximate surface area is 170 Å². The molecule has 0 heterocycles. The number of halogens is 1. The maximum Gasteiger partial charge on any atom is 0.213 e. The van der Waals surface area contributed by atoms with Crippen molar-refractivity contribution in [2.24, 2.45) is 16.3 Å². The Balaban J connectivity index is 0.00000312. The summed E-state index contributed by atoms with van der Waals surface area (Å²) in [4.78, 5) is 4.21. The Kier molecular flexibility index (Phi) is 10.0. The van der Waals surface area contributed by atoms with Gasteiger partial charge in [0, 0.05) is 26.7 Å². The molecule has 0 saturated heterocycles. The highest BCUT2D eigenvalue weighted by molar-refractivity contribution is 14.0. The first-order chi connectivity index (χ1) is 11.5. The highest BCUT2D eigenvalue weighted by atomic mass is 127. The molecule has 0 aromatic heterocycles. The number of aliphatic imine (C=N–C) groups is 1. The van der Waals surface area contributed by atoms with Gasteiger partial charge >= 0.3 is 0 Å². The van der Waals surface area contributed by atoms with Gasteiger partial charge in [-0.3, -0.25) is 4.99 Å². The van der Waals surface area contributed by atoms with Crippen molar-refractivity contribution >= 4 is 40.0 Å². The lowest BCUT2D eigenvalue weighted by Gasteiger charge is -2.28. The zero-order valence-corrected chi connectivity index (χ0v) is 18.8. The number of nitrogens with zero attached hydrogens (tertiary/aromatic N) is 1. The fourth-order valence-electron chi connectivity index (χ4n) is 3.59. The van der Waals surface area contributed by atoms with E-state index >= 15 is 0 Å². The second kappa shape index (κ2) is 10.9. The second-order valence-electron chi connectivity index (χ2n) is 7.38. The quantitative estimate of drug-likeness (QED) is 0.266. The molecule has 0 bridgehead atoms. The van der Waals surface area contributed by atoms with Crippen LogP contribution in [0, 0.1) is 11.3 Å². The van der Waals surface area contributed by atoms with Gasteiger partial charge in [0.25, 0.3) is 0 Å². The molecule has 0 aromatic carbocycles. The van der Waals surface area contributed by atoms with Crippen molar-refractivity contribution in [1.82, 2.24) is 15.4 Å². The minimum atomic E-state index is -3.20. The minimum absolute atomic E-state index is 0. The molecule has 0 unspecified atom stereocenters. The summed E-state index contributed by atoms with van der Waals surface area (Å²) >= 11 is 0. The first kappa shape index (κ1) is 23.0. The minimum Gasteiger partial charge on any atom is -0.356 e. The number of nitrogens with one attached hydrogen (secondary N) is 3. The molecule has 25 heavy (non-hydrogen) atoms. The molecule has 3 N–H and O–H groups in total. The Hall–Kier alpha value is -0.0900. The van der Waals surface area contributed by atoms with Gasteiger partial charge in [0.15, 0.2) is 5.96 Å². The molecule has 8 heteroatoms. The molecule has 0 radical (unpaired) electrons. The van der Waals surface area contributed by atoms with Gasteiger partial charge in [-0.05, 0) is 43.4 Å². The summed E-state index contributed by atoms with van der Waals surface area (Å²) in [6.45, 7) is 4.13. The fourth-order valence-corrected chi connectivity index (χ4v) is 4.59. The molecule has 2 rings (SSSR count). The average Bonchev–Trinajstić information content (AvgIpc) is 2.98. The third kappa shape index (κ3) is 7.58. The smallest absolute Gasteiger partial charge is 0.213 e. The first-order valence-corrected chi connectivity index (χ1v) is 11.1. The van der Waals surface area contributed by atoms with E-state index in [0.29, 0.717) is 30.4 Å². The van der Waals surface area contributed by atoms with E-state index in [9.17, 15) is 8.42 Å². The lowest BCUT2D eigenvalue weighted by molar-refractivity contribution is 0.283. The van der Waals surface area contributed by atoms with Crippen molar-refractivity contribution < 1.29 is 8.42 Å². The van der Waals surface area contributed by atoms with Gasteiger partial charge in [0.05, 0.1) is 5.75 Å². The van der Waals surface area contributed by atoms with Crippen LogP contribution in [0.3, 0.4) is 0 Å². The third-order valence-electron chi connectivity index (χ3n) is 5.75. The van der Waals surface area contributed by atoms with E-state index in [0.717, 1.165) is 19.4 Å². The van der Waals surface area contributed by atoms with Crippen LogP contribution in [0.15, 0.2) is 4.99 Å². The molecule has 0 atom stereocenters. The lowest BCUT2D eigenvalue weighted by Crippen LogP contribution is -2.45. The number of hydrogen-bond acceptors (Lipinski definition) is 3. The molecular weight excluding hydrogens is 451 g/mol. The predicted octanol–water partition coefficient (Wildman–Crippen LogP) is 2.46. The number of sulfonamides is 1. The highest BCUT2D eigenvalue weighted by Gasteiger charge is 2.31. The van der Waals surface area contributed by atoms with Crippen molar-refractivity contribution in [3.05, 3.63) is 0 Å². The summed E-state index contributed by atoms with van der Waals surface area (Å²) in [5, 5.41) is 6.51. The zero-order chi connectivity index (χ0) is 17.5. The molecule has 0 aromatic rings. The molecule has 0 aliphatic heterocycles. The van der Waals surface area contributed by atoms with E-state index in [-0.39, 0.29) is 29.7 Å². The van der Waals surface area contributed by atoms with Crippen LogP contribution in [0.5, 0.6) is 0 Å². The van der Waals surface area contributed by atoms with E-state index < -0.39 is 10.0 Å². The van der Waals surface area contributed by atoms with Gasteiger partial charge in [-0.15, -0.1) is 24.0 Å².